The van der Waals surface area contributed by atoms with Crippen LogP contribution >= 0.6 is 0 Å². The number of hydrogen-bond donors (Lipinski definition) is 3. The van der Waals surface area contributed by atoms with Gasteiger partial charge in [0.1, 0.15) is 0 Å². The van der Waals surface area contributed by atoms with Crippen LogP contribution in [0.1, 0.15) is 45.4 Å². The normalized spacial score (nSPS) is 33.3. The Hall–Kier alpha value is -2.28. The Labute approximate surface area is 177 Å². The second-order valence-electron chi connectivity index (χ2n) is 10.2. The van der Waals surface area contributed by atoms with Crippen molar-refractivity contribution in [1.29, 1.82) is 0 Å². The van der Waals surface area contributed by atoms with Crippen molar-refractivity contribution in [2.24, 2.45) is 17.3 Å². The number of dihydropyridines is 1. The fraction of sp³-hybridized carbons (Fsp3) is 0.652. The van der Waals surface area contributed by atoms with Gasteiger partial charge in [-0.15, -0.1) is 0 Å². The van der Waals surface area contributed by atoms with E-state index in [9.17, 15) is 14.7 Å². The highest BCUT2D eigenvalue weighted by Crippen LogP contribution is 2.59. The topological polar surface area (TPSA) is 84.9 Å². The van der Waals surface area contributed by atoms with Crippen molar-refractivity contribution in [3.05, 3.63) is 35.8 Å². The van der Waals surface area contributed by atoms with Gasteiger partial charge in [0, 0.05) is 44.7 Å². The summed E-state index contributed by atoms with van der Waals surface area (Å²) < 4.78 is 0. The van der Waals surface area contributed by atoms with Gasteiger partial charge in [0.15, 0.2) is 0 Å². The Bertz CT molecular complexity index is 827. The van der Waals surface area contributed by atoms with Crippen molar-refractivity contribution in [2.75, 3.05) is 26.2 Å². The molecule has 0 bridgehead atoms. The van der Waals surface area contributed by atoms with Gasteiger partial charge in [0.25, 0.3) is 0 Å². The molecule has 7 nitrogen and oxygen atoms in total. The SMILES string of the molecule is CC1(O)CC(CC(=O)N2CCC3(CC2)CC3CNC(=O)N2C=C3C=CNC=C3C2)C1. The molecule has 3 aliphatic heterocycles. The smallest absolute Gasteiger partial charge is 0.321 e. The summed E-state index contributed by atoms with van der Waals surface area (Å²) in [5, 5.41) is 16.0. The predicted molar refractivity (Wildman–Crippen MR) is 113 cm³/mol. The van der Waals surface area contributed by atoms with Crippen molar-refractivity contribution >= 4 is 11.9 Å². The zero-order valence-electron chi connectivity index (χ0n) is 17.7. The number of hydrogen-bond acceptors (Lipinski definition) is 4. The van der Waals surface area contributed by atoms with E-state index in [0.29, 0.717) is 30.2 Å². The van der Waals surface area contributed by atoms with Crippen LogP contribution in [0.3, 0.4) is 0 Å². The van der Waals surface area contributed by atoms with Crippen LogP contribution in [0.25, 0.3) is 0 Å². The van der Waals surface area contributed by atoms with E-state index in [0.717, 1.165) is 62.9 Å². The van der Waals surface area contributed by atoms with Gasteiger partial charge in [-0.2, -0.15) is 0 Å². The lowest BCUT2D eigenvalue weighted by molar-refractivity contribution is -0.137. The van der Waals surface area contributed by atoms with Crippen molar-refractivity contribution in [1.82, 2.24) is 20.4 Å². The molecule has 1 unspecified atom stereocenters. The molecule has 1 saturated heterocycles. The van der Waals surface area contributed by atoms with Crippen molar-refractivity contribution < 1.29 is 14.7 Å². The molecule has 3 N–H and O–H groups in total. The lowest BCUT2D eigenvalue weighted by Gasteiger charge is -2.42. The predicted octanol–water partition coefficient (Wildman–Crippen LogP) is 2.08. The molecule has 2 saturated carbocycles. The van der Waals surface area contributed by atoms with Crippen LogP contribution in [0.2, 0.25) is 0 Å². The maximum absolute atomic E-state index is 12.6. The van der Waals surface area contributed by atoms with Gasteiger partial charge in [-0.05, 0) is 73.5 Å². The second-order valence-corrected chi connectivity index (χ2v) is 10.2. The maximum atomic E-state index is 12.6. The summed E-state index contributed by atoms with van der Waals surface area (Å²) >= 11 is 0. The van der Waals surface area contributed by atoms with Crippen molar-refractivity contribution in [3.63, 3.8) is 0 Å². The Kier molecular flexibility index (Phi) is 4.69. The van der Waals surface area contributed by atoms with Crippen LogP contribution in [-0.4, -0.2) is 58.6 Å². The minimum Gasteiger partial charge on any atom is -0.390 e. The van der Waals surface area contributed by atoms with Crippen molar-refractivity contribution in [2.45, 2.75) is 51.0 Å². The molecule has 0 aromatic carbocycles. The molecule has 5 rings (SSSR count). The number of carbonyl (C=O) groups is 2. The van der Waals surface area contributed by atoms with E-state index in [1.165, 1.54) is 0 Å². The first kappa shape index (κ1) is 19.7. The van der Waals surface area contributed by atoms with E-state index in [2.05, 4.69) is 10.6 Å². The van der Waals surface area contributed by atoms with Gasteiger partial charge < -0.3 is 20.6 Å². The molecule has 3 amide bonds. The standard InChI is InChI=1S/C23H32N4O3/c1-22(30)9-16(10-22)8-20(28)26-6-3-23(4-7-26)11-19(23)13-25-21(29)27-14-17-2-5-24-12-18(17)15-27/h2,5,12,14,16,19,24,30H,3-4,6-11,13,15H2,1H3,(H,25,29). The monoisotopic (exact) mass is 412 g/mol. The zero-order chi connectivity index (χ0) is 20.9. The van der Waals surface area contributed by atoms with Crippen LogP contribution in [0.15, 0.2) is 35.8 Å². The molecule has 30 heavy (non-hydrogen) atoms. The summed E-state index contributed by atoms with van der Waals surface area (Å²) in [6.45, 7) is 4.85. The van der Waals surface area contributed by atoms with Gasteiger partial charge in [-0.1, -0.05) is 0 Å². The van der Waals surface area contributed by atoms with Gasteiger partial charge >= 0.3 is 6.03 Å². The Morgan fingerprint density at radius 2 is 2.03 bits per heavy atom. The van der Waals surface area contributed by atoms with Gasteiger partial charge in [-0.3, -0.25) is 9.69 Å². The lowest BCUT2D eigenvalue weighted by atomic mass is 9.70. The molecular weight excluding hydrogens is 380 g/mol. The van der Waals surface area contributed by atoms with Crippen LogP contribution in [0.5, 0.6) is 0 Å². The fourth-order valence-electron chi connectivity index (χ4n) is 5.82. The summed E-state index contributed by atoms with van der Waals surface area (Å²) in [5.74, 6) is 1.12. The number of nitrogens with one attached hydrogen (secondary N) is 2. The number of fused-ring (bicyclic) bond motifs is 1. The largest absolute Gasteiger partial charge is 0.390 e. The number of aliphatic hydroxyl groups is 1. The minimum absolute atomic E-state index is 0.0303. The number of nitrogens with zero attached hydrogens (tertiary/aromatic N) is 2. The average Bonchev–Trinajstić information content (AvgIpc) is 3.17. The van der Waals surface area contributed by atoms with E-state index in [4.69, 9.17) is 0 Å². The molecule has 3 heterocycles. The number of piperidine rings is 1. The Balaban J connectivity index is 1.04. The maximum Gasteiger partial charge on any atom is 0.321 e. The van der Waals surface area contributed by atoms with Crippen LogP contribution < -0.4 is 10.6 Å². The Morgan fingerprint density at radius 3 is 2.73 bits per heavy atom. The van der Waals surface area contributed by atoms with E-state index < -0.39 is 5.60 Å². The molecule has 0 aromatic rings. The first-order chi connectivity index (χ1) is 14.3. The summed E-state index contributed by atoms with van der Waals surface area (Å²) in [4.78, 5) is 28.9. The molecule has 0 aromatic heterocycles. The molecular formula is C23H32N4O3. The summed E-state index contributed by atoms with van der Waals surface area (Å²) in [6.07, 6.45) is 13.0. The summed E-state index contributed by atoms with van der Waals surface area (Å²) in [7, 11) is 0. The molecule has 0 radical (unpaired) electrons. The van der Waals surface area contributed by atoms with Crippen LogP contribution in [0, 0.1) is 17.3 Å². The molecule has 1 spiro atoms. The molecule has 3 fully saturated rings. The molecule has 5 aliphatic rings. The third-order valence-electron chi connectivity index (χ3n) is 7.77. The quantitative estimate of drug-likeness (QED) is 0.660. The number of amides is 3. The first-order valence-electron chi connectivity index (χ1n) is 11.2. The van der Waals surface area contributed by atoms with E-state index in [1.807, 2.05) is 36.5 Å². The Morgan fingerprint density at radius 1 is 1.27 bits per heavy atom. The average molecular weight is 413 g/mol. The lowest BCUT2D eigenvalue weighted by Crippen LogP contribution is -2.45. The van der Waals surface area contributed by atoms with Gasteiger partial charge in [0.2, 0.25) is 5.91 Å². The molecule has 162 valence electrons. The highest BCUT2D eigenvalue weighted by atomic mass is 16.3. The second kappa shape index (κ2) is 7.15. The summed E-state index contributed by atoms with van der Waals surface area (Å²) in [5.41, 5.74) is 1.99. The summed E-state index contributed by atoms with van der Waals surface area (Å²) in [6, 6.07) is -0.0303. The highest BCUT2D eigenvalue weighted by molar-refractivity contribution is 5.78. The number of likely N-dealkylation sites (tertiary alicyclic amines) is 1. The van der Waals surface area contributed by atoms with Crippen LogP contribution in [0.4, 0.5) is 4.79 Å². The van der Waals surface area contributed by atoms with E-state index in [1.54, 1.807) is 4.90 Å². The van der Waals surface area contributed by atoms with Gasteiger partial charge in [0.05, 0.1) is 12.1 Å². The zero-order valence-corrected chi connectivity index (χ0v) is 17.7. The number of rotatable bonds is 4. The van der Waals surface area contributed by atoms with Gasteiger partial charge in [-0.25, -0.2) is 4.79 Å². The highest BCUT2D eigenvalue weighted by Gasteiger charge is 2.55. The third-order valence-corrected chi connectivity index (χ3v) is 7.77. The third kappa shape index (κ3) is 3.75. The first-order valence-corrected chi connectivity index (χ1v) is 11.2. The number of urea groups is 1. The fourth-order valence-corrected chi connectivity index (χ4v) is 5.82. The molecule has 2 aliphatic carbocycles. The van der Waals surface area contributed by atoms with E-state index in [-0.39, 0.29) is 11.9 Å². The minimum atomic E-state index is -0.559. The van der Waals surface area contributed by atoms with Crippen LogP contribution in [-0.2, 0) is 4.79 Å². The van der Waals surface area contributed by atoms with E-state index >= 15 is 0 Å². The van der Waals surface area contributed by atoms with Crippen molar-refractivity contribution in [3.8, 4) is 0 Å². The molecule has 1 atom stereocenters. The molecule has 7 heteroatoms. The number of allylic oxidation sites excluding steroid dienone is 1. The number of carbonyl (C=O) groups excluding carboxylic acids is 2.